The molecule has 3 aromatic rings. The fourth-order valence-electron chi connectivity index (χ4n) is 2.36. The second kappa shape index (κ2) is 6.14. The van der Waals surface area contributed by atoms with Crippen LogP contribution in [-0.2, 0) is 6.54 Å². The van der Waals surface area contributed by atoms with Crippen LogP contribution in [0, 0.1) is 0 Å². The molecule has 0 radical (unpaired) electrons. The quantitative estimate of drug-likeness (QED) is 0.744. The summed E-state index contributed by atoms with van der Waals surface area (Å²) in [4.78, 5) is 2.19. The Morgan fingerprint density at radius 2 is 1.10 bits per heavy atom. The summed E-state index contributed by atoms with van der Waals surface area (Å²) >= 11 is 0. The number of benzene rings is 3. The molecule has 21 heavy (non-hydrogen) atoms. The molecule has 2 heteroatoms. The zero-order chi connectivity index (χ0) is 14.5. The zero-order valence-corrected chi connectivity index (χ0v) is 11.7. The smallest absolute Gasteiger partial charge is 0.120 e. The van der Waals surface area contributed by atoms with Crippen molar-refractivity contribution in [2.75, 3.05) is 4.90 Å². The standard InChI is InChI=1S/C19H17NO/c21-19-14-8-7-9-16(19)15-20(17-10-3-1-4-11-17)18-12-5-2-6-13-18/h1-14,21H,15H2. The number of phenolic OH excluding ortho intramolecular Hbond substituents is 1. The van der Waals surface area contributed by atoms with Gasteiger partial charge in [-0.25, -0.2) is 0 Å². The Balaban J connectivity index is 1.99. The molecular formula is C19H17NO. The lowest BCUT2D eigenvalue weighted by Gasteiger charge is -2.25. The molecule has 0 aliphatic heterocycles. The first kappa shape index (κ1) is 13.3. The van der Waals surface area contributed by atoms with E-state index >= 15 is 0 Å². The summed E-state index contributed by atoms with van der Waals surface area (Å²) in [5, 5.41) is 10.0. The molecule has 3 aromatic carbocycles. The molecule has 104 valence electrons. The van der Waals surface area contributed by atoms with Crippen LogP contribution in [0.2, 0.25) is 0 Å². The predicted molar refractivity (Wildman–Crippen MR) is 86.8 cm³/mol. The molecule has 0 aliphatic rings. The van der Waals surface area contributed by atoms with Crippen LogP contribution in [0.15, 0.2) is 84.9 Å². The molecule has 0 heterocycles. The minimum Gasteiger partial charge on any atom is -0.508 e. The van der Waals surface area contributed by atoms with Gasteiger partial charge in [0.15, 0.2) is 0 Å². The molecule has 0 aromatic heterocycles. The Bertz CT molecular complexity index is 656. The highest BCUT2D eigenvalue weighted by Crippen LogP contribution is 2.29. The van der Waals surface area contributed by atoms with Gasteiger partial charge in [-0.15, -0.1) is 0 Å². The van der Waals surface area contributed by atoms with Crippen LogP contribution in [0.4, 0.5) is 11.4 Å². The number of rotatable bonds is 4. The molecule has 0 fully saturated rings. The molecule has 1 N–H and O–H groups in total. The van der Waals surface area contributed by atoms with E-state index in [1.165, 1.54) is 0 Å². The third-order valence-electron chi connectivity index (χ3n) is 3.46. The lowest BCUT2D eigenvalue weighted by molar-refractivity contribution is 0.468. The van der Waals surface area contributed by atoms with Crippen LogP contribution < -0.4 is 4.90 Å². The summed E-state index contributed by atoms with van der Waals surface area (Å²) < 4.78 is 0. The minimum absolute atomic E-state index is 0.328. The van der Waals surface area contributed by atoms with Gasteiger partial charge >= 0.3 is 0 Å². The number of phenols is 1. The maximum absolute atomic E-state index is 10.0. The summed E-state index contributed by atoms with van der Waals surface area (Å²) in [5.74, 6) is 0.328. The molecule has 0 spiro atoms. The van der Waals surface area contributed by atoms with Crippen molar-refractivity contribution in [3.8, 4) is 5.75 Å². The third kappa shape index (κ3) is 3.06. The molecule has 0 saturated heterocycles. The van der Waals surface area contributed by atoms with Crippen LogP contribution in [0.1, 0.15) is 5.56 Å². The van der Waals surface area contributed by atoms with Gasteiger partial charge in [0.2, 0.25) is 0 Å². The van der Waals surface area contributed by atoms with Crippen molar-refractivity contribution in [2.24, 2.45) is 0 Å². The van der Waals surface area contributed by atoms with Gasteiger partial charge in [-0.1, -0.05) is 54.6 Å². The van der Waals surface area contributed by atoms with Gasteiger partial charge in [-0.05, 0) is 30.3 Å². The number of hydrogen-bond acceptors (Lipinski definition) is 2. The Hall–Kier alpha value is -2.74. The molecule has 0 unspecified atom stereocenters. The molecule has 2 nitrogen and oxygen atoms in total. The van der Waals surface area contributed by atoms with E-state index in [2.05, 4.69) is 29.2 Å². The molecular weight excluding hydrogens is 258 g/mol. The second-order valence-electron chi connectivity index (χ2n) is 4.89. The van der Waals surface area contributed by atoms with Crippen molar-refractivity contribution in [1.82, 2.24) is 0 Å². The van der Waals surface area contributed by atoms with E-state index in [1.54, 1.807) is 6.07 Å². The molecule has 0 amide bonds. The molecule has 0 atom stereocenters. The van der Waals surface area contributed by atoms with Crippen molar-refractivity contribution < 1.29 is 5.11 Å². The first-order valence-electron chi connectivity index (χ1n) is 6.99. The van der Waals surface area contributed by atoms with Crippen LogP contribution >= 0.6 is 0 Å². The average molecular weight is 275 g/mol. The monoisotopic (exact) mass is 275 g/mol. The van der Waals surface area contributed by atoms with Gasteiger partial charge in [0.25, 0.3) is 0 Å². The van der Waals surface area contributed by atoms with Crippen molar-refractivity contribution in [1.29, 1.82) is 0 Å². The van der Waals surface area contributed by atoms with Crippen molar-refractivity contribution in [2.45, 2.75) is 6.54 Å². The minimum atomic E-state index is 0.328. The highest BCUT2D eigenvalue weighted by molar-refractivity contribution is 5.63. The van der Waals surface area contributed by atoms with Crippen molar-refractivity contribution >= 4 is 11.4 Å². The summed E-state index contributed by atoms with van der Waals surface area (Å²) in [6, 6.07) is 27.9. The number of anilines is 2. The van der Waals surface area contributed by atoms with Crippen LogP contribution in [-0.4, -0.2) is 5.11 Å². The van der Waals surface area contributed by atoms with Gasteiger partial charge in [0.1, 0.15) is 5.75 Å². The van der Waals surface area contributed by atoms with Gasteiger partial charge in [0.05, 0.1) is 6.54 Å². The zero-order valence-electron chi connectivity index (χ0n) is 11.7. The fraction of sp³-hybridized carbons (Fsp3) is 0.0526. The maximum atomic E-state index is 10.0. The molecule has 0 saturated carbocycles. The highest BCUT2D eigenvalue weighted by atomic mass is 16.3. The number of hydrogen-bond donors (Lipinski definition) is 1. The van der Waals surface area contributed by atoms with E-state index in [9.17, 15) is 5.11 Å². The SMILES string of the molecule is Oc1ccccc1CN(c1ccccc1)c1ccccc1. The van der Waals surface area contributed by atoms with Crippen molar-refractivity contribution in [3.05, 3.63) is 90.5 Å². The first-order valence-corrected chi connectivity index (χ1v) is 6.99. The largest absolute Gasteiger partial charge is 0.508 e. The van der Waals surface area contributed by atoms with Crippen molar-refractivity contribution in [3.63, 3.8) is 0 Å². The highest BCUT2D eigenvalue weighted by Gasteiger charge is 2.11. The lowest BCUT2D eigenvalue weighted by atomic mass is 10.1. The first-order chi connectivity index (χ1) is 10.3. The number of aromatic hydroxyl groups is 1. The Morgan fingerprint density at radius 1 is 0.619 bits per heavy atom. The molecule has 3 rings (SSSR count). The van der Waals surface area contributed by atoms with E-state index in [-0.39, 0.29) is 0 Å². The molecule has 0 bridgehead atoms. The Labute approximate surface area is 124 Å². The van der Waals surface area contributed by atoms with E-state index < -0.39 is 0 Å². The summed E-state index contributed by atoms with van der Waals surface area (Å²) in [6.07, 6.45) is 0. The topological polar surface area (TPSA) is 23.5 Å². The van der Waals surface area contributed by atoms with Gasteiger partial charge < -0.3 is 10.0 Å². The Morgan fingerprint density at radius 3 is 1.62 bits per heavy atom. The van der Waals surface area contributed by atoms with Gasteiger partial charge in [-0.2, -0.15) is 0 Å². The van der Waals surface area contributed by atoms with Crippen LogP contribution in [0.25, 0.3) is 0 Å². The fourth-order valence-corrected chi connectivity index (χ4v) is 2.36. The number of para-hydroxylation sites is 3. The summed E-state index contributed by atoms with van der Waals surface area (Å²) in [6.45, 7) is 0.626. The predicted octanol–water partition coefficient (Wildman–Crippen LogP) is 4.73. The van der Waals surface area contributed by atoms with Crippen LogP contribution in [0.5, 0.6) is 5.75 Å². The van der Waals surface area contributed by atoms with Gasteiger partial charge in [-0.3, -0.25) is 0 Å². The Kier molecular flexibility index (Phi) is 3.88. The maximum Gasteiger partial charge on any atom is 0.120 e. The van der Waals surface area contributed by atoms with E-state index in [1.807, 2.05) is 54.6 Å². The van der Waals surface area contributed by atoms with E-state index in [0.29, 0.717) is 12.3 Å². The average Bonchev–Trinajstić information content (AvgIpc) is 2.56. The third-order valence-corrected chi connectivity index (χ3v) is 3.46. The summed E-state index contributed by atoms with van der Waals surface area (Å²) in [7, 11) is 0. The lowest BCUT2D eigenvalue weighted by Crippen LogP contribution is -2.16. The van der Waals surface area contributed by atoms with E-state index in [4.69, 9.17) is 0 Å². The summed E-state index contributed by atoms with van der Waals surface area (Å²) in [5.41, 5.74) is 3.11. The normalized spacial score (nSPS) is 10.3. The number of nitrogens with zero attached hydrogens (tertiary/aromatic N) is 1. The molecule has 0 aliphatic carbocycles. The van der Waals surface area contributed by atoms with Gasteiger partial charge in [0, 0.05) is 16.9 Å². The second-order valence-corrected chi connectivity index (χ2v) is 4.89. The van der Waals surface area contributed by atoms with E-state index in [0.717, 1.165) is 16.9 Å². The van der Waals surface area contributed by atoms with Crippen LogP contribution in [0.3, 0.4) is 0 Å².